The van der Waals surface area contributed by atoms with Gasteiger partial charge in [0.05, 0.1) is 11.1 Å². The van der Waals surface area contributed by atoms with Crippen molar-refractivity contribution in [2.45, 2.75) is 71.2 Å². The summed E-state index contributed by atoms with van der Waals surface area (Å²) in [5, 5.41) is 4.93. The van der Waals surface area contributed by atoms with Crippen LogP contribution < -0.4 is 0 Å². The van der Waals surface area contributed by atoms with Crippen LogP contribution in [0.2, 0.25) is 0 Å². The van der Waals surface area contributed by atoms with E-state index in [9.17, 15) is 0 Å². The Bertz CT molecular complexity index is 393. The summed E-state index contributed by atoms with van der Waals surface area (Å²) >= 11 is 6.49. The Morgan fingerprint density at radius 2 is 2.00 bits per heavy atom. The molecule has 0 amide bonds. The maximum absolute atomic E-state index is 6.49. The molecule has 0 spiro atoms. The molecule has 1 aliphatic rings. The molecule has 0 bridgehead atoms. The van der Waals surface area contributed by atoms with Crippen LogP contribution in [0.25, 0.3) is 0 Å². The molecule has 1 aromatic heterocycles. The SMILES string of the molecule is CCc1nn(CCC2CC2)c(CC)c1C(Cl)CC. The molecule has 0 radical (unpaired) electrons. The van der Waals surface area contributed by atoms with Gasteiger partial charge in [0.1, 0.15) is 0 Å². The highest BCUT2D eigenvalue weighted by molar-refractivity contribution is 6.20. The van der Waals surface area contributed by atoms with E-state index in [0.29, 0.717) is 0 Å². The fraction of sp³-hybridized carbons (Fsp3) is 0.800. The minimum atomic E-state index is 0.129. The zero-order valence-corrected chi connectivity index (χ0v) is 12.6. The molecule has 2 rings (SSSR count). The van der Waals surface area contributed by atoms with Crippen molar-refractivity contribution in [3.05, 3.63) is 17.0 Å². The zero-order chi connectivity index (χ0) is 13.1. The summed E-state index contributed by atoms with van der Waals surface area (Å²) in [7, 11) is 0. The summed E-state index contributed by atoms with van der Waals surface area (Å²) in [6.07, 6.45) is 7.14. The number of hydrogen-bond donors (Lipinski definition) is 0. The van der Waals surface area contributed by atoms with Gasteiger partial charge in [0, 0.05) is 17.8 Å². The zero-order valence-electron chi connectivity index (χ0n) is 11.9. The molecular weight excluding hydrogens is 244 g/mol. The number of aromatic nitrogens is 2. The fourth-order valence-electron chi connectivity index (χ4n) is 2.66. The van der Waals surface area contributed by atoms with Gasteiger partial charge in [0.15, 0.2) is 0 Å². The van der Waals surface area contributed by atoms with Crippen LogP contribution in [-0.4, -0.2) is 9.78 Å². The molecule has 1 saturated carbocycles. The summed E-state index contributed by atoms with van der Waals surface area (Å²) in [5.41, 5.74) is 3.90. The van der Waals surface area contributed by atoms with Gasteiger partial charge in [-0.1, -0.05) is 33.6 Å². The summed E-state index contributed by atoms with van der Waals surface area (Å²) in [6, 6.07) is 0. The average molecular weight is 269 g/mol. The highest BCUT2D eigenvalue weighted by Crippen LogP contribution is 2.34. The smallest absolute Gasteiger partial charge is 0.0671 e. The van der Waals surface area contributed by atoms with Crippen molar-refractivity contribution in [1.82, 2.24) is 9.78 Å². The molecule has 1 atom stereocenters. The highest BCUT2D eigenvalue weighted by atomic mass is 35.5. The molecule has 2 nitrogen and oxygen atoms in total. The molecule has 1 heterocycles. The van der Waals surface area contributed by atoms with Crippen LogP contribution >= 0.6 is 11.6 Å². The Hall–Kier alpha value is -0.500. The van der Waals surface area contributed by atoms with Crippen LogP contribution in [0.5, 0.6) is 0 Å². The predicted octanol–water partition coefficient (Wildman–Crippen LogP) is 4.50. The van der Waals surface area contributed by atoms with E-state index >= 15 is 0 Å². The molecule has 18 heavy (non-hydrogen) atoms. The normalized spacial score (nSPS) is 17.1. The minimum Gasteiger partial charge on any atom is -0.269 e. The van der Waals surface area contributed by atoms with E-state index in [-0.39, 0.29) is 5.38 Å². The Kier molecular flexibility index (Phi) is 4.71. The number of rotatable bonds is 7. The first kappa shape index (κ1) is 13.9. The summed E-state index contributed by atoms with van der Waals surface area (Å²) in [4.78, 5) is 0. The van der Waals surface area contributed by atoms with Crippen LogP contribution in [0.3, 0.4) is 0 Å². The molecule has 3 heteroatoms. The van der Waals surface area contributed by atoms with E-state index in [1.54, 1.807) is 0 Å². The van der Waals surface area contributed by atoms with Gasteiger partial charge in [0.2, 0.25) is 0 Å². The van der Waals surface area contributed by atoms with Gasteiger partial charge in [-0.3, -0.25) is 4.68 Å². The second kappa shape index (κ2) is 6.10. The molecule has 1 aliphatic carbocycles. The second-order valence-corrected chi connectivity index (χ2v) is 5.87. The molecule has 0 saturated heterocycles. The van der Waals surface area contributed by atoms with Crippen molar-refractivity contribution in [3.63, 3.8) is 0 Å². The minimum absolute atomic E-state index is 0.129. The number of aryl methyl sites for hydroxylation is 2. The Morgan fingerprint density at radius 1 is 1.28 bits per heavy atom. The largest absolute Gasteiger partial charge is 0.269 e. The van der Waals surface area contributed by atoms with Crippen molar-refractivity contribution < 1.29 is 0 Å². The van der Waals surface area contributed by atoms with Gasteiger partial charge in [0.25, 0.3) is 0 Å². The lowest BCUT2D eigenvalue weighted by Gasteiger charge is -2.11. The van der Waals surface area contributed by atoms with Gasteiger partial charge >= 0.3 is 0 Å². The van der Waals surface area contributed by atoms with E-state index in [4.69, 9.17) is 16.7 Å². The molecule has 0 N–H and O–H groups in total. The van der Waals surface area contributed by atoms with E-state index in [0.717, 1.165) is 31.7 Å². The molecule has 0 aliphatic heterocycles. The first-order valence-corrected chi connectivity index (χ1v) is 7.87. The van der Waals surface area contributed by atoms with Crippen LogP contribution in [0.1, 0.15) is 68.8 Å². The Morgan fingerprint density at radius 3 is 2.50 bits per heavy atom. The first-order chi connectivity index (χ1) is 8.71. The lowest BCUT2D eigenvalue weighted by molar-refractivity contribution is 0.524. The predicted molar refractivity (Wildman–Crippen MR) is 77.2 cm³/mol. The molecule has 1 fully saturated rings. The van der Waals surface area contributed by atoms with Crippen molar-refractivity contribution in [3.8, 4) is 0 Å². The standard InChI is InChI=1S/C15H25ClN2/c1-4-12(16)15-13(5-2)17-18(14(15)6-3)10-9-11-7-8-11/h11-12H,4-10H2,1-3H3. The molecule has 1 unspecified atom stereocenters. The summed E-state index contributed by atoms with van der Waals surface area (Å²) in [5.74, 6) is 0.963. The van der Waals surface area contributed by atoms with Crippen LogP contribution in [-0.2, 0) is 19.4 Å². The Balaban J connectivity index is 2.24. The van der Waals surface area contributed by atoms with Crippen molar-refractivity contribution in [1.29, 1.82) is 0 Å². The van der Waals surface area contributed by atoms with Gasteiger partial charge in [-0.25, -0.2) is 0 Å². The van der Waals surface area contributed by atoms with E-state index in [2.05, 4.69) is 25.5 Å². The lowest BCUT2D eigenvalue weighted by Crippen LogP contribution is -2.06. The quantitative estimate of drug-likeness (QED) is 0.666. The maximum Gasteiger partial charge on any atom is 0.0671 e. The third kappa shape index (κ3) is 2.90. The highest BCUT2D eigenvalue weighted by Gasteiger charge is 2.24. The summed E-state index contributed by atoms with van der Waals surface area (Å²) in [6.45, 7) is 7.62. The van der Waals surface area contributed by atoms with Gasteiger partial charge in [-0.05, 0) is 31.6 Å². The van der Waals surface area contributed by atoms with Crippen LogP contribution in [0, 0.1) is 5.92 Å². The number of hydrogen-bond acceptors (Lipinski definition) is 1. The van der Waals surface area contributed by atoms with E-state index < -0.39 is 0 Å². The van der Waals surface area contributed by atoms with Crippen LogP contribution in [0.15, 0.2) is 0 Å². The Labute approximate surface area is 116 Å². The molecule has 0 aromatic carbocycles. The topological polar surface area (TPSA) is 17.8 Å². The molecule has 1 aromatic rings. The first-order valence-electron chi connectivity index (χ1n) is 7.43. The third-order valence-electron chi connectivity index (χ3n) is 3.96. The van der Waals surface area contributed by atoms with Gasteiger partial charge < -0.3 is 0 Å². The van der Waals surface area contributed by atoms with Gasteiger partial charge in [-0.2, -0.15) is 5.10 Å². The van der Waals surface area contributed by atoms with Gasteiger partial charge in [-0.15, -0.1) is 11.6 Å². The second-order valence-electron chi connectivity index (χ2n) is 5.35. The van der Waals surface area contributed by atoms with E-state index in [1.807, 2.05) is 0 Å². The van der Waals surface area contributed by atoms with Crippen molar-refractivity contribution in [2.24, 2.45) is 5.92 Å². The third-order valence-corrected chi connectivity index (χ3v) is 4.49. The van der Waals surface area contributed by atoms with E-state index in [1.165, 1.54) is 36.2 Å². The number of halogens is 1. The maximum atomic E-state index is 6.49. The molecular formula is C15H25ClN2. The summed E-state index contributed by atoms with van der Waals surface area (Å²) < 4.78 is 2.23. The number of nitrogens with zero attached hydrogens (tertiary/aromatic N) is 2. The lowest BCUT2D eigenvalue weighted by atomic mass is 10.0. The van der Waals surface area contributed by atoms with Crippen molar-refractivity contribution >= 4 is 11.6 Å². The monoisotopic (exact) mass is 268 g/mol. The fourth-order valence-corrected chi connectivity index (χ4v) is 2.91. The average Bonchev–Trinajstić information content (AvgIpc) is 3.15. The van der Waals surface area contributed by atoms with Crippen LogP contribution in [0.4, 0.5) is 0 Å². The molecule has 102 valence electrons. The number of alkyl halides is 1. The van der Waals surface area contributed by atoms with Crippen molar-refractivity contribution in [2.75, 3.05) is 0 Å².